The van der Waals surface area contributed by atoms with E-state index in [0.29, 0.717) is 6.44 Å². The Morgan fingerprint density at radius 2 is 1.70 bits per heavy atom. The first-order chi connectivity index (χ1) is 10.8. The smallest absolute Gasteiger partial charge is 0.119 e. The van der Waals surface area contributed by atoms with E-state index in [-0.39, 0.29) is 17.5 Å². The van der Waals surface area contributed by atoms with Gasteiger partial charge in [0.15, 0.2) is 0 Å². The molecule has 0 aromatic rings. The Balaban J connectivity index is 1.90. The number of hydrogen-bond donors (Lipinski definition) is 0. The van der Waals surface area contributed by atoms with E-state index in [4.69, 9.17) is 43.4 Å². The van der Waals surface area contributed by atoms with Gasteiger partial charge in [-0.2, -0.15) is 0 Å². The molecule has 110 valence electrons. The van der Waals surface area contributed by atoms with Crippen molar-refractivity contribution >= 4 is 58.2 Å². The summed E-state index contributed by atoms with van der Waals surface area (Å²) in [7, 11) is 29.1. The molecule has 1 saturated heterocycles. The average Bonchev–Trinajstić information content (AvgIpc) is 2.90. The predicted octanol–water partition coefficient (Wildman–Crippen LogP) is -0.267. The summed E-state index contributed by atoms with van der Waals surface area (Å²) in [6.07, 6.45) is 8.21. The van der Waals surface area contributed by atoms with Crippen LogP contribution in [0.5, 0.6) is 0 Å². The quantitative estimate of drug-likeness (QED) is 0.600. The molecule has 1 heterocycles. The first kappa shape index (κ1) is 19.8. The number of hydrogen-bond acceptors (Lipinski definition) is 2. The van der Waals surface area contributed by atoms with Crippen LogP contribution in [0.25, 0.3) is 0 Å². The lowest BCUT2D eigenvalue weighted by Gasteiger charge is -2.46. The number of ether oxygens (including phenoxy) is 1. The molecule has 1 spiro atoms. The van der Waals surface area contributed by atoms with Crippen molar-refractivity contribution in [2.24, 2.45) is 5.41 Å². The molecular formula is C13H23B8NO. The van der Waals surface area contributed by atoms with E-state index in [1.807, 2.05) is 4.81 Å². The standard InChI is InChI=1S/C13H23B8NO/c1-12(7-9-23-13(10-12)4-2-3-5-13)6-8-22(21(17)18)11-19(14)20(15)16/h2-11H2,1H3. The van der Waals surface area contributed by atoms with E-state index in [9.17, 15) is 0 Å². The molecule has 10 radical (unpaired) electrons. The van der Waals surface area contributed by atoms with Crippen molar-refractivity contribution in [3.05, 3.63) is 0 Å². The third-order valence-electron chi connectivity index (χ3n) is 5.74. The van der Waals surface area contributed by atoms with Crippen LogP contribution in [0.2, 0.25) is 0 Å². The molecule has 0 N–H and O–H groups in total. The highest BCUT2D eigenvalue weighted by molar-refractivity contribution is 7.66. The fraction of sp³-hybridized carbons (Fsp3) is 1.00. The zero-order valence-corrected chi connectivity index (χ0v) is 14.5. The predicted molar refractivity (Wildman–Crippen MR) is 107 cm³/mol. The van der Waals surface area contributed by atoms with Crippen molar-refractivity contribution in [2.75, 3.05) is 19.6 Å². The Labute approximate surface area is 150 Å². The van der Waals surface area contributed by atoms with Crippen LogP contribution in [-0.2, 0) is 4.74 Å². The molecule has 1 unspecified atom stereocenters. The van der Waals surface area contributed by atoms with Gasteiger partial charge in [0.25, 0.3) is 0 Å². The van der Waals surface area contributed by atoms with Gasteiger partial charge in [0.2, 0.25) is 0 Å². The van der Waals surface area contributed by atoms with Crippen LogP contribution in [0, 0.1) is 5.41 Å². The molecule has 23 heavy (non-hydrogen) atoms. The van der Waals surface area contributed by atoms with E-state index in [2.05, 4.69) is 6.92 Å². The van der Waals surface area contributed by atoms with E-state index in [1.165, 1.54) is 25.7 Å². The lowest BCUT2D eigenvalue weighted by atomic mass is 8.87. The van der Waals surface area contributed by atoms with Crippen LogP contribution in [0.4, 0.5) is 0 Å². The van der Waals surface area contributed by atoms with Gasteiger partial charge in [-0.25, -0.2) is 0 Å². The van der Waals surface area contributed by atoms with Gasteiger partial charge in [-0.15, -0.1) is 0 Å². The minimum Gasteiger partial charge on any atom is -0.375 e. The minimum atomic E-state index is -0.559. The van der Waals surface area contributed by atoms with Crippen molar-refractivity contribution in [1.29, 1.82) is 0 Å². The molecule has 1 atom stereocenters. The Bertz CT molecular complexity index is 379. The fourth-order valence-corrected chi connectivity index (χ4v) is 4.15. The van der Waals surface area contributed by atoms with Crippen molar-refractivity contribution in [3.63, 3.8) is 0 Å². The van der Waals surface area contributed by atoms with Gasteiger partial charge in [-0.1, -0.05) is 26.2 Å². The van der Waals surface area contributed by atoms with E-state index < -0.39 is 13.0 Å². The molecule has 1 aliphatic carbocycles. The van der Waals surface area contributed by atoms with Gasteiger partial charge in [-0.05, 0) is 44.1 Å². The molecule has 10 heteroatoms. The van der Waals surface area contributed by atoms with Gasteiger partial charge in [0.05, 0.1) is 12.1 Å². The number of nitrogens with zero attached hydrogens (tertiary/aromatic N) is 1. The monoisotopic (exact) mass is 297 g/mol. The maximum atomic E-state index is 6.16. The van der Waals surface area contributed by atoms with Gasteiger partial charge in [0.1, 0.15) is 6.63 Å². The minimum absolute atomic E-state index is 0.124. The van der Waals surface area contributed by atoms with Gasteiger partial charge >= 0.3 is 0 Å². The first-order valence-corrected chi connectivity index (χ1v) is 8.91. The molecular weight excluding hydrogens is 273 g/mol. The second-order valence-corrected chi connectivity index (χ2v) is 7.95. The molecule has 2 nitrogen and oxygen atoms in total. The van der Waals surface area contributed by atoms with Crippen LogP contribution in [0.3, 0.4) is 0 Å². The van der Waals surface area contributed by atoms with Gasteiger partial charge in [0, 0.05) is 51.7 Å². The molecule has 2 aliphatic rings. The summed E-state index contributed by atoms with van der Waals surface area (Å²) in [5.74, 6) is 0. The Morgan fingerprint density at radius 3 is 2.26 bits per heavy atom. The summed E-state index contributed by atoms with van der Waals surface area (Å²) >= 11 is 0. The zero-order valence-electron chi connectivity index (χ0n) is 14.5. The first-order valence-electron chi connectivity index (χ1n) is 8.91. The Morgan fingerprint density at radius 1 is 1.04 bits per heavy atom. The summed E-state index contributed by atoms with van der Waals surface area (Å²) in [5.41, 5.74) is 0.392. The summed E-state index contributed by atoms with van der Waals surface area (Å²) < 4.78 is 6.16. The molecule has 1 saturated carbocycles. The van der Waals surface area contributed by atoms with Crippen molar-refractivity contribution in [1.82, 2.24) is 4.81 Å². The van der Waals surface area contributed by atoms with Gasteiger partial charge < -0.3 is 9.55 Å². The Kier molecular flexibility index (Phi) is 7.06. The lowest BCUT2D eigenvalue weighted by molar-refractivity contribution is -0.120. The highest BCUT2D eigenvalue weighted by atomic mass is 16.5. The normalized spacial score (nSPS) is 26.5. The highest BCUT2D eigenvalue weighted by Gasteiger charge is 2.44. The topological polar surface area (TPSA) is 12.5 Å². The van der Waals surface area contributed by atoms with Crippen molar-refractivity contribution in [3.8, 4) is 0 Å². The molecule has 0 aromatic carbocycles. The average molecular weight is 296 g/mol. The van der Waals surface area contributed by atoms with Crippen LogP contribution >= 0.6 is 0 Å². The summed E-state index contributed by atoms with van der Waals surface area (Å²) in [6, 6.07) is 0. The second kappa shape index (κ2) is 8.21. The number of rotatable bonds is 7. The highest BCUT2D eigenvalue weighted by Crippen LogP contribution is 2.48. The van der Waals surface area contributed by atoms with Crippen LogP contribution < -0.4 is 0 Å². The van der Waals surface area contributed by atoms with E-state index >= 15 is 0 Å². The van der Waals surface area contributed by atoms with Crippen LogP contribution in [-0.4, -0.2) is 88.2 Å². The largest absolute Gasteiger partial charge is 0.375 e. The third-order valence-corrected chi connectivity index (χ3v) is 5.74. The maximum Gasteiger partial charge on any atom is 0.119 e. The lowest BCUT2D eigenvalue weighted by Crippen LogP contribution is -2.54. The van der Waals surface area contributed by atoms with Crippen LogP contribution in [0.15, 0.2) is 0 Å². The molecule has 2 fully saturated rings. The zero-order chi connectivity index (χ0) is 17.1. The van der Waals surface area contributed by atoms with Crippen molar-refractivity contribution < 1.29 is 4.74 Å². The van der Waals surface area contributed by atoms with Gasteiger partial charge in [-0.3, -0.25) is 0 Å². The Hall–Kier alpha value is 0.439. The summed E-state index contributed by atoms with van der Waals surface area (Å²) in [6.45, 7) is 3.17. The summed E-state index contributed by atoms with van der Waals surface area (Å²) in [4.78, 5) is 1.99. The molecule has 0 bridgehead atoms. The molecule has 2 rings (SSSR count). The fourth-order valence-electron chi connectivity index (χ4n) is 4.15. The van der Waals surface area contributed by atoms with E-state index in [1.54, 1.807) is 0 Å². The van der Waals surface area contributed by atoms with Crippen molar-refractivity contribution in [2.45, 2.75) is 57.5 Å². The molecule has 0 aromatic heterocycles. The van der Waals surface area contributed by atoms with Crippen LogP contribution in [0.1, 0.15) is 51.9 Å². The maximum absolute atomic E-state index is 6.16. The summed E-state index contributed by atoms with van der Waals surface area (Å²) in [5, 5.41) is 0. The second-order valence-electron chi connectivity index (χ2n) is 7.95. The molecule has 0 amide bonds. The molecule has 1 aliphatic heterocycles. The van der Waals surface area contributed by atoms with E-state index in [0.717, 1.165) is 32.4 Å². The SMILES string of the molecule is [B]B([B])B([B])CN(CCC1(C)CCOC2(CCCC2)C1)B([B])[B]. The third kappa shape index (κ3) is 5.46.